The third-order valence-electron chi connectivity index (χ3n) is 2.59. The molecule has 2 rings (SSSR count). The first-order chi connectivity index (χ1) is 6.66. The van der Waals surface area contributed by atoms with E-state index in [9.17, 15) is 4.39 Å². The number of benzene rings is 1. The number of fused-ring (bicyclic) bond motifs is 1. The van der Waals surface area contributed by atoms with Crippen molar-refractivity contribution in [3.05, 3.63) is 29.6 Å². The Morgan fingerprint density at radius 2 is 2.36 bits per heavy atom. The topological polar surface area (TPSA) is 35.2 Å². The molecule has 0 saturated heterocycles. The summed E-state index contributed by atoms with van der Waals surface area (Å²) < 4.78 is 18.5. The second kappa shape index (κ2) is 3.58. The van der Waals surface area contributed by atoms with Crippen molar-refractivity contribution in [2.24, 2.45) is 5.73 Å². The number of nitrogens with two attached hydrogens (primary N) is 1. The Hall–Kier alpha value is -1.09. The highest BCUT2D eigenvalue weighted by Gasteiger charge is 2.22. The van der Waals surface area contributed by atoms with E-state index in [1.807, 2.05) is 6.92 Å². The van der Waals surface area contributed by atoms with Gasteiger partial charge in [-0.15, -0.1) is 0 Å². The summed E-state index contributed by atoms with van der Waals surface area (Å²) in [6.45, 7) is 1.93. The van der Waals surface area contributed by atoms with Gasteiger partial charge in [0.1, 0.15) is 17.7 Å². The quantitative estimate of drug-likeness (QED) is 0.742. The van der Waals surface area contributed by atoms with Gasteiger partial charge < -0.3 is 10.5 Å². The predicted molar refractivity (Wildman–Crippen MR) is 52.8 cm³/mol. The molecule has 0 aliphatic carbocycles. The zero-order valence-corrected chi connectivity index (χ0v) is 8.16. The molecular weight excluding hydrogens is 181 g/mol. The summed E-state index contributed by atoms with van der Waals surface area (Å²) in [4.78, 5) is 0. The van der Waals surface area contributed by atoms with E-state index in [-0.39, 0.29) is 18.0 Å². The molecule has 2 N–H and O–H groups in total. The van der Waals surface area contributed by atoms with Crippen molar-refractivity contribution in [3.63, 3.8) is 0 Å². The van der Waals surface area contributed by atoms with Crippen LogP contribution >= 0.6 is 0 Å². The van der Waals surface area contributed by atoms with Crippen LogP contribution < -0.4 is 10.5 Å². The first-order valence-electron chi connectivity index (χ1n) is 4.87. The Labute approximate surface area is 82.9 Å². The van der Waals surface area contributed by atoms with Crippen molar-refractivity contribution in [3.8, 4) is 5.75 Å². The Morgan fingerprint density at radius 1 is 1.57 bits per heavy atom. The molecule has 2 nitrogen and oxygen atoms in total. The van der Waals surface area contributed by atoms with Crippen LogP contribution in [0.4, 0.5) is 4.39 Å². The van der Waals surface area contributed by atoms with E-state index in [0.717, 1.165) is 24.2 Å². The van der Waals surface area contributed by atoms with Gasteiger partial charge >= 0.3 is 0 Å². The highest BCUT2D eigenvalue weighted by Crippen LogP contribution is 2.28. The van der Waals surface area contributed by atoms with Gasteiger partial charge in [-0.05, 0) is 43.5 Å². The highest BCUT2D eigenvalue weighted by molar-refractivity contribution is 5.35. The maximum Gasteiger partial charge on any atom is 0.123 e. The molecule has 1 aromatic carbocycles. The second-order valence-corrected chi connectivity index (χ2v) is 3.81. The third-order valence-corrected chi connectivity index (χ3v) is 2.59. The van der Waals surface area contributed by atoms with Crippen molar-refractivity contribution in [1.29, 1.82) is 0 Å². The smallest absolute Gasteiger partial charge is 0.123 e. The van der Waals surface area contributed by atoms with Gasteiger partial charge in [0, 0.05) is 6.04 Å². The van der Waals surface area contributed by atoms with Crippen LogP contribution in [0.5, 0.6) is 5.75 Å². The molecule has 0 spiro atoms. The average molecular weight is 195 g/mol. The molecule has 0 bridgehead atoms. The molecule has 1 aromatic rings. The van der Waals surface area contributed by atoms with Crippen molar-refractivity contribution in [1.82, 2.24) is 0 Å². The largest absolute Gasteiger partial charge is 0.489 e. The molecule has 2 unspecified atom stereocenters. The summed E-state index contributed by atoms with van der Waals surface area (Å²) in [6.07, 6.45) is 1.78. The van der Waals surface area contributed by atoms with Crippen LogP contribution in [0.25, 0.3) is 0 Å². The fourth-order valence-electron chi connectivity index (χ4n) is 1.75. The first kappa shape index (κ1) is 9.46. The van der Waals surface area contributed by atoms with Gasteiger partial charge in [0.25, 0.3) is 0 Å². The average Bonchev–Trinajstić information content (AvgIpc) is 2.16. The van der Waals surface area contributed by atoms with Crippen molar-refractivity contribution >= 4 is 0 Å². The maximum atomic E-state index is 12.9. The summed E-state index contributed by atoms with van der Waals surface area (Å²) in [5.74, 6) is 0.576. The van der Waals surface area contributed by atoms with Crippen molar-refractivity contribution in [2.45, 2.75) is 31.9 Å². The van der Waals surface area contributed by atoms with Gasteiger partial charge in [-0.25, -0.2) is 4.39 Å². The molecule has 0 saturated carbocycles. The summed E-state index contributed by atoms with van der Waals surface area (Å²) >= 11 is 0. The van der Waals surface area contributed by atoms with Crippen LogP contribution in [0.3, 0.4) is 0 Å². The lowest BCUT2D eigenvalue weighted by molar-refractivity contribution is 0.151. The minimum Gasteiger partial charge on any atom is -0.489 e. The van der Waals surface area contributed by atoms with Crippen LogP contribution in [0, 0.1) is 5.82 Å². The number of ether oxygens (including phenoxy) is 1. The second-order valence-electron chi connectivity index (χ2n) is 3.81. The van der Waals surface area contributed by atoms with E-state index >= 15 is 0 Å². The van der Waals surface area contributed by atoms with Gasteiger partial charge in [-0.2, -0.15) is 0 Å². The van der Waals surface area contributed by atoms with E-state index in [1.165, 1.54) is 12.1 Å². The lowest BCUT2D eigenvalue weighted by Crippen LogP contribution is -2.38. The molecule has 0 amide bonds. The van der Waals surface area contributed by atoms with E-state index in [4.69, 9.17) is 10.5 Å². The Bertz CT molecular complexity index is 338. The monoisotopic (exact) mass is 195 g/mol. The SMILES string of the molecule is CC(N)C1CCc2cc(F)ccc2O1. The summed E-state index contributed by atoms with van der Waals surface area (Å²) in [5.41, 5.74) is 6.70. The molecule has 1 aliphatic heterocycles. The summed E-state index contributed by atoms with van der Waals surface area (Å²) in [5, 5.41) is 0. The molecule has 2 atom stereocenters. The van der Waals surface area contributed by atoms with Gasteiger partial charge in [0.2, 0.25) is 0 Å². The maximum absolute atomic E-state index is 12.9. The third kappa shape index (κ3) is 1.73. The lowest BCUT2D eigenvalue weighted by Gasteiger charge is -2.28. The van der Waals surface area contributed by atoms with E-state index in [1.54, 1.807) is 6.07 Å². The number of aryl methyl sites for hydroxylation is 1. The molecule has 0 aromatic heterocycles. The highest BCUT2D eigenvalue weighted by atomic mass is 19.1. The number of hydrogen-bond donors (Lipinski definition) is 1. The lowest BCUT2D eigenvalue weighted by atomic mass is 9.99. The van der Waals surface area contributed by atoms with Gasteiger partial charge in [-0.1, -0.05) is 0 Å². The normalized spacial score (nSPS) is 22.4. The fourth-order valence-corrected chi connectivity index (χ4v) is 1.75. The van der Waals surface area contributed by atoms with Gasteiger partial charge in [0.05, 0.1) is 0 Å². The Morgan fingerprint density at radius 3 is 3.07 bits per heavy atom. The van der Waals surface area contributed by atoms with Crippen LogP contribution in [-0.4, -0.2) is 12.1 Å². The van der Waals surface area contributed by atoms with Crippen LogP contribution in [0.1, 0.15) is 18.9 Å². The number of hydrogen-bond acceptors (Lipinski definition) is 2. The predicted octanol–water partition coefficient (Wildman–Crippen LogP) is 1.87. The fraction of sp³-hybridized carbons (Fsp3) is 0.455. The van der Waals surface area contributed by atoms with E-state index in [2.05, 4.69) is 0 Å². The van der Waals surface area contributed by atoms with Crippen LogP contribution in [-0.2, 0) is 6.42 Å². The summed E-state index contributed by atoms with van der Waals surface area (Å²) in [6, 6.07) is 4.65. The van der Waals surface area contributed by atoms with E-state index in [0.29, 0.717) is 0 Å². The molecular formula is C11H14FNO. The number of halogens is 1. The van der Waals surface area contributed by atoms with Crippen LogP contribution in [0.2, 0.25) is 0 Å². The molecule has 1 heterocycles. The zero-order valence-electron chi connectivity index (χ0n) is 8.16. The van der Waals surface area contributed by atoms with Crippen molar-refractivity contribution < 1.29 is 9.13 Å². The minimum absolute atomic E-state index is 0.0215. The molecule has 76 valence electrons. The molecule has 1 aliphatic rings. The number of rotatable bonds is 1. The van der Waals surface area contributed by atoms with Gasteiger partial charge in [0.15, 0.2) is 0 Å². The molecule has 0 fully saturated rings. The van der Waals surface area contributed by atoms with Gasteiger partial charge in [-0.3, -0.25) is 0 Å². The standard InChI is InChI=1S/C11H14FNO/c1-7(13)10-4-2-8-6-9(12)3-5-11(8)14-10/h3,5-7,10H,2,4,13H2,1H3. The molecule has 0 radical (unpaired) electrons. The van der Waals surface area contributed by atoms with E-state index < -0.39 is 0 Å². The van der Waals surface area contributed by atoms with Crippen molar-refractivity contribution in [2.75, 3.05) is 0 Å². The van der Waals surface area contributed by atoms with Crippen LogP contribution in [0.15, 0.2) is 18.2 Å². The minimum atomic E-state index is -0.202. The first-order valence-corrected chi connectivity index (χ1v) is 4.87. The summed E-state index contributed by atoms with van der Waals surface area (Å²) in [7, 11) is 0. The zero-order chi connectivity index (χ0) is 10.1. The molecule has 3 heteroatoms. The Kier molecular flexibility index (Phi) is 2.42. The Balaban J connectivity index is 2.23. The molecule has 14 heavy (non-hydrogen) atoms.